The van der Waals surface area contributed by atoms with Crippen molar-refractivity contribution in [2.75, 3.05) is 0 Å². The molecule has 0 fully saturated rings. The molecule has 0 saturated heterocycles. The van der Waals surface area contributed by atoms with Gasteiger partial charge in [-0.3, -0.25) is 9.59 Å². The molecule has 142 valence electrons. The van der Waals surface area contributed by atoms with Crippen LogP contribution in [-0.4, -0.2) is 22.9 Å². The first-order valence-corrected chi connectivity index (χ1v) is 8.50. The Balaban J connectivity index is 1.71. The number of ketones is 2. The maximum Gasteiger partial charge on any atom is 0.475 e. The minimum absolute atomic E-state index is 0.0158. The third kappa shape index (κ3) is 3.97. The molecule has 0 amide bonds. The van der Waals surface area contributed by atoms with Crippen LogP contribution in [0.2, 0.25) is 0 Å². The van der Waals surface area contributed by atoms with E-state index in [2.05, 4.69) is 4.74 Å². The number of carbonyl (C=O) groups is 2. The van der Waals surface area contributed by atoms with Gasteiger partial charge >= 0.3 is 11.4 Å². The van der Waals surface area contributed by atoms with Gasteiger partial charge in [-0.1, -0.05) is 12.1 Å². The lowest BCUT2D eigenvalue weighted by molar-refractivity contribution is -0.273. The third-order valence-corrected chi connectivity index (χ3v) is 4.84. The van der Waals surface area contributed by atoms with Crippen LogP contribution in [0, 0.1) is 5.82 Å². The van der Waals surface area contributed by atoms with E-state index in [0.29, 0.717) is 0 Å². The van der Waals surface area contributed by atoms with Crippen molar-refractivity contribution >= 4 is 23.3 Å². The van der Waals surface area contributed by atoms with Crippen LogP contribution in [0.4, 0.5) is 22.0 Å². The van der Waals surface area contributed by atoms with Crippen LogP contribution in [0.25, 0.3) is 0 Å². The van der Waals surface area contributed by atoms with Gasteiger partial charge in [0.25, 0.3) is 0 Å². The highest BCUT2D eigenvalue weighted by Gasteiger charge is 2.63. The van der Waals surface area contributed by atoms with Crippen molar-refractivity contribution in [2.45, 2.75) is 29.1 Å². The molecule has 2 aromatic carbocycles. The minimum atomic E-state index is -4.66. The van der Waals surface area contributed by atoms with Crippen molar-refractivity contribution in [3.8, 4) is 5.75 Å². The van der Waals surface area contributed by atoms with Crippen molar-refractivity contribution in [1.82, 2.24) is 0 Å². The van der Waals surface area contributed by atoms with Crippen molar-refractivity contribution in [3.63, 3.8) is 0 Å². The van der Waals surface area contributed by atoms with E-state index >= 15 is 0 Å². The first kappa shape index (κ1) is 19.3. The average molecular weight is 402 g/mol. The molecule has 1 heterocycles. The highest BCUT2D eigenvalue weighted by molar-refractivity contribution is 8.00. The number of carbonyl (C=O) groups excluding carboxylic acids is 2. The molecular weight excluding hydrogens is 391 g/mol. The molecule has 1 aliphatic rings. The molecule has 0 bridgehead atoms. The van der Waals surface area contributed by atoms with Crippen LogP contribution in [0.3, 0.4) is 0 Å². The van der Waals surface area contributed by atoms with E-state index in [4.69, 9.17) is 0 Å². The Kier molecular flexibility index (Phi) is 4.98. The zero-order chi connectivity index (χ0) is 19.8. The molecule has 0 unspecified atom stereocenters. The molecule has 0 radical (unpaired) electrons. The van der Waals surface area contributed by atoms with Crippen LogP contribution >= 0.6 is 11.8 Å². The second kappa shape index (κ2) is 6.95. The summed E-state index contributed by atoms with van der Waals surface area (Å²) in [7, 11) is 0. The Morgan fingerprint density at radius 3 is 2.19 bits per heavy atom. The van der Waals surface area contributed by atoms with E-state index in [1.807, 2.05) is 0 Å². The Hall–Kier alpha value is -2.42. The molecule has 0 atom stereocenters. The molecule has 0 aromatic heterocycles. The van der Waals surface area contributed by atoms with E-state index in [-0.39, 0.29) is 28.9 Å². The number of fused-ring (bicyclic) bond motifs is 1. The van der Waals surface area contributed by atoms with Gasteiger partial charge in [-0.15, -0.1) is 0 Å². The second-order valence-corrected chi connectivity index (χ2v) is 6.91. The van der Waals surface area contributed by atoms with Gasteiger partial charge < -0.3 is 4.74 Å². The van der Waals surface area contributed by atoms with Gasteiger partial charge in [0.1, 0.15) is 11.6 Å². The number of benzene rings is 2. The van der Waals surface area contributed by atoms with Gasteiger partial charge in [0.2, 0.25) is 0 Å². The summed E-state index contributed by atoms with van der Waals surface area (Å²) in [5.74, 6) is -2.03. The zero-order valence-electron chi connectivity index (χ0n) is 13.5. The molecule has 9 heteroatoms. The third-order valence-electron chi connectivity index (χ3n) is 3.81. The number of hydrogen-bond donors (Lipinski definition) is 0. The molecule has 0 aliphatic carbocycles. The fraction of sp³-hybridized carbons (Fsp3) is 0.222. The van der Waals surface area contributed by atoms with E-state index in [1.165, 1.54) is 18.2 Å². The SMILES string of the molecule is O=C(CCC(=O)c1ccc2c(c1)SC(F)(F)C(F)(F)O2)c1cccc(F)c1. The molecule has 2 aromatic rings. The summed E-state index contributed by atoms with van der Waals surface area (Å²) < 4.78 is 70.3. The number of hydrogen-bond acceptors (Lipinski definition) is 4. The van der Waals surface area contributed by atoms with Crippen LogP contribution in [0.5, 0.6) is 5.75 Å². The lowest BCUT2D eigenvalue weighted by Gasteiger charge is -2.31. The summed E-state index contributed by atoms with van der Waals surface area (Å²) in [5, 5.41) is -4.48. The number of Topliss-reactive ketones (excluding diaryl/α,β-unsaturated/α-hetero) is 2. The summed E-state index contributed by atoms with van der Waals surface area (Å²) in [4.78, 5) is 23.9. The van der Waals surface area contributed by atoms with E-state index in [1.54, 1.807) is 0 Å². The standard InChI is InChI=1S/C18H11F5O3S/c19-12-3-1-2-10(8-12)13(24)5-6-14(25)11-4-7-15-16(9-11)27-18(22,23)17(20,21)26-15/h1-4,7-9H,5-6H2. The van der Waals surface area contributed by atoms with Crippen molar-refractivity contribution in [2.24, 2.45) is 0 Å². The fourth-order valence-electron chi connectivity index (χ4n) is 2.42. The van der Waals surface area contributed by atoms with Gasteiger partial charge in [-0.25, -0.2) is 4.39 Å². The number of rotatable bonds is 5. The lowest BCUT2D eigenvalue weighted by atomic mass is 10.0. The van der Waals surface area contributed by atoms with Crippen molar-refractivity contribution < 1.29 is 36.3 Å². The molecule has 3 rings (SSSR count). The van der Waals surface area contributed by atoms with Crippen LogP contribution in [-0.2, 0) is 0 Å². The molecule has 0 spiro atoms. The second-order valence-electron chi connectivity index (χ2n) is 5.76. The molecule has 1 aliphatic heterocycles. The van der Waals surface area contributed by atoms with Crippen LogP contribution in [0.1, 0.15) is 33.6 Å². The molecule has 0 N–H and O–H groups in total. The summed E-state index contributed by atoms with van der Waals surface area (Å²) in [6, 6.07) is 8.18. The van der Waals surface area contributed by atoms with Gasteiger partial charge in [0.15, 0.2) is 11.6 Å². The van der Waals surface area contributed by atoms with Gasteiger partial charge in [0.05, 0.1) is 4.90 Å². The van der Waals surface area contributed by atoms with E-state index in [0.717, 1.165) is 24.3 Å². The minimum Gasteiger partial charge on any atom is -0.426 e. The zero-order valence-corrected chi connectivity index (χ0v) is 14.3. The van der Waals surface area contributed by atoms with Crippen LogP contribution < -0.4 is 4.74 Å². The van der Waals surface area contributed by atoms with Crippen LogP contribution in [0.15, 0.2) is 47.4 Å². The summed E-state index contributed by atoms with van der Waals surface area (Å²) in [5.41, 5.74) is 0.0944. The fourth-order valence-corrected chi connectivity index (χ4v) is 3.25. The van der Waals surface area contributed by atoms with Crippen molar-refractivity contribution in [3.05, 3.63) is 59.4 Å². The number of thioether (sulfide) groups is 1. The number of alkyl halides is 4. The summed E-state index contributed by atoms with van der Waals surface area (Å²) >= 11 is -0.394. The Morgan fingerprint density at radius 2 is 1.56 bits per heavy atom. The van der Waals surface area contributed by atoms with Crippen molar-refractivity contribution in [1.29, 1.82) is 0 Å². The monoisotopic (exact) mass is 402 g/mol. The highest BCUT2D eigenvalue weighted by Crippen LogP contribution is 2.54. The molecular formula is C18H11F5O3S. The average Bonchev–Trinajstić information content (AvgIpc) is 2.59. The number of halogens is 5. The largest absolute Gasteiger partial charge is 0.475 e. The first-order chi connectivity index (χ1) is 12.6. The normalized spacial score (nSPS) is 16.9. The molecule has 27 heavy (non-hydrogen) atoms. The number of ether oxygens (including phenoxy) is 1. The predicted molar refractivity (Wildman–Crippen MR) is 87.1 cm³/mol. The maximum atomic E-state index is 13.4. The van der Waals surface area contributed by atoms with Gasteiger partial charge in [0, 0.05) is 24.0 Å². The Bertz CT molecular complexity index is 914. The Morgan fingerprint density at radius 1 is 0.926 bits per heavy atom. The quantitative estimate of drug-likeness (QED) is 0.500. The topological polar surface area (TPSA) is 43.4 Å². The smallest absolute Gasteiger partial charge is 0.426 e. The van der Waals surface area contributed by atoms with E-state index in [9.17, 15) is 31.5 Å². The maximum absolute atomic E-state index is 13.4. The lowest BCUT2D eigenvalue weighted by Crippen LogP contribution is -2.45. The van der Waals surface area contributed by atoms with Gasteiger partial charge in [-0.2, -0.15) is 17.6 Å². The first-order valence-electron chi connectivity index (χ1n) is 7.69. The Labute approximate surface area is 154 Å². The molecule has 0 saturated carbocycles. The predicted octanol–water partition coefficient (Wildman–Crippen LogP) is 5.34. The highest BCUT2D eigenvalue weighted by atomic mass is 32.2. The summed E-state index contributed by atoms with van der Waals surface area (Å²) in [6.07, 6.45) is -5.11. The molecule has 3 nitrogen and oxygen atoms in total. The van der Waals surface area contributed by atoms with Gasteiger partial charge in [-0.05, 0) is 42.1 Å². The van der Waals surface area contributed by atoms with E-state index < -0.39 is 46.3 Å². The summed E-state index contributed by atoms with van der Waals surface area (Å²) in [6.45, 7) is 0.